The minimum absolute atomic E-state index is 0.680. The van der Waals surface area contributed by atoms with Gasteiger partial charge in [-0.3, -0.25) is 0 Å². The van der Waals surface area contributed by atoms with Crippen molar-refractivity contribution in [3.05, 3.63) is 23.4 Å². The number of hydrogen-bond acceptors (Lipinski definition) is 4. The molecule has 4 heteroatoms. The molecule has 2 rings (SSSR count). The van der Waals surface area contributed by atoms with E-state index in [1.165, 1.54) is 24.3 Å². The van der Waals surface area contributed by atoms with Gasteiger partial charge in [-0.15, -0.1) is 0 Å². The molecule has 1 N–H and O–H groups in total. The number of rotatable bonds is 3. The van der Waals surface area contributed by atoms with E-state index in [1.807, 2.05) is 30.8 Å². The standard InChI is InChI=1S/C13H17N3S/c1-10-6-12(8-14)7-13(16-10)15-9-11-2-4-17-5-3-11/h6-7,11H,2-5,9H2,1H3,(H,15,16). The van der Waals surface area contributed by atoms with Crippen molar-refractivity contribution in [1.82, 2.24) is 4.98 Å². The number of nitriles is 1. The van der Waals surface area contributed by atoms with Crippen LogP contribution in [0.3, 0.4) is 0 Å². The fraction of sp³-hybridized carbons (Fsp3) is 0.538. The monoisotopic (exact) mass is 247 g/mol. The van der Waals surface area contributed by atoms with Crippen molar-refractivity contribution in [3.63, 3.8) is 0 Å². The van der Waals surface area contributed by atoms with E-state index in [4.69, 9.17) is 5.26 Å². The van der Waals surface area contributed by atoms with Crippen LogP contribution in [0.5, 0.6) is 0 Å². The summed E-state index contributed by atoms with van der Waals surface area (Å²) in [5, 5.41) is 12.3. The van der Waals surface area contributed by atoms with Crippen LogP contribution < -0.4 is 5.32 Å². The topological polar surface area (TPSA) is 48.7 Å². The molecule has 17 heavy (non-hydrogen) atoms. The molecule has 1 aliphatic heterocycles. The van der Waals surface area contributed by atoms with Crippen LogP contribution in [-0.4, -0.2) is 23.0 Å². The van der Waals surface area contributed by atoms with Gasteiger partial charge in [0.05, 0.1) is 11.6 Å². The number of aromatic nitrogens is 1. The van der Waals surface area contributed by atoms with Gasteiger partial charge in [-0.25, -0.2) is 4.98 Å². The van der Waals surface area contributed by atoms with Gasteiger partial charge >= 0.3 is 0 Å². The van der Waals surface area contributed by atoms with Crippen LogP contribution in [0.1, 0.15) is 24.1 Å². The van der Waals surface area contributed by atoms with Crippen molar-refractivity contribution >= 4 is 17.6 Å². The van der Waals surface area contributed by atoms with Crippen LogP contribution in [0.2, 0.25) is 0 Å². The smallest absolute Gasteiger partial charge is 0.127 e. The van der Waals surface area contributed by atoms with Gasteiger partial charge in [-0.05, 0) is 49.3 Å². The van der Waals surface area contributed by atoms with Crippen LogP contribution in [-0.2, 0) is 0 Å². The predicted octanol–water partition coefficient (Wildman–Crippen LogP) is 2.82. The second-order valence-electron chi connectivity index (χ2n) is 4.43. The van der Waals surface area contributed by atoms with Gasteiger partial charge in [0.2, 0.25) is 0 Å². The lowest BCUT2D eigenvalue weighted by Crippen LogP contribution is -2.19. The first kappa shape index (κ1) is 12.3. The largest absolute Gasteiger partial charge is 0.370 e. The number of nitrogens with one attached hydrogen (secondary N) is 1. The summed E-state index contributed by atoms with van der Waals surface area (Å²) < 4.78 is 0. The van der Waals surface area contributed by atoms with Crippen LogP contribution in [0.15, 0.2) is 12.1 Å². The molecular weight excluding hydrogens is 230 g/mol. The van der Waals surface area contributed by atoms with Gasteiger partial charge in [0.15, 0.2) is 0 Å². The number of thioether (sulfide) groups is 1. The van der Waals surface area contributed by atoms with Crippen molar-refractivity contribution in [1.29, 1.82) is 5.26 Å². The van der Waals surface area contributed by atoms with E-state index in [9.17, 15) is 0 Å². The van der Waals surface area contributed by atoms with Gasteiger partial charge in [0, 0.05) is 12.2 Å². The van der Waals surface area contributed by atoms with Gasteiger partial charge < -0.3 is 5.32 Å². The van der Waals surface area contributed by atoms with Crippen molar-refractivity contribution in [2.45, 2.75) is 19.8 Å². The summed E-state index contributed by atoms with van der Waals surface area (Å²) in [4.78, 5) is 4.40. The first-order valence-corrected chi connectivity index (χ1v) is 7.14. The summed E-state index contributed by atoms with van der Waals surface area (Å²) in [5.74, 6) is 4.14. The molecule has 1 aromatic rings. The van der Waals surface area contributed by atoms with Crippen molar-refractivity contribution in [2.24, 2.45) is 5.92 Å². The Kier molecular flexibility index (Phi) is 4.27. The molecule has 0 saturated carbocycles. The minimum atomic E-state index is 0.680. The average molecular weight is 247 g/mol. The highest BCUT2D eigenvalue weighted by molar-refractivity contribution is 7.99. The zero-order valence-corrected chi connectivity index (χ0v) is 10.9. The predicted molar refractivity (Wildman–Crippen MR) is 72.2 cm³/mol. The fourth-order valence-electron chi connectivity index (χ4n) is 2.02. The Morgan fingerprint density at radius 2 is 2.24 bits per heavy atom. The molecule has 2 heterocycles. The number of pyridine rings is 1. The Balaban J connectivity index is 1.94. The second-order valence-corrected chi connectivity index (χ2v) is 5.66. The van der Waals surface area contributed by atoms with Gasteiger partial charge in [-0.2, -0.15) is 17.0 Å². The summed E-state index contributed by atoms with van der Waals surface area (Å²) in [6, 6.07) is 5.79. The van der Waals surface area contributed by atoms with Crippen LogP contribution in [0.4, 0.5) is 5.82 Å². The molecule has 0 aromatic carbocycles. The molecule has 0 atom stereocenters. The molecule has 0 aliphatic carbocycles. The highest BCUT2D eigenvalue weighted by Crippen LogP contribution is 2.23. The van der Waals surface area contributed by atoms with E-state index in [0.29, 0.717) is 5.56 Å². The summed E-state index contributed by atoms with van der Waals surface area (Å²) in [6.07, 6.45) is 2.57. The van der Waals surface area contributed by atoms with Gasteiger partial charge in [-0.1, -0.05) is 0 Å². The SMILES string of the molecule is Cc1cc(C#N)cc(NCC2CCSCC2)n1. The molecule has 90 valence electrons. The number of nitrogens with zero attached hydrogens (tertiary/aromatic N) is 2. The van der Waals surface area contributed by atoms with Crippen molar-refractivity contribution < 1.29 is 0 Å². The van der Waals surface area contributed by atoms with E-state index >= 15 is 0 Å². The van der Waals surface area contributed by atoms with Crippen molar-refractivity contribution in [2.75, 3.05) is 23.4 Å². The van der Waals surface area contributed by atoms with E-state index in [0.717, 1.165) is 24.0 Å². The molecule has 0 bridgehead atoms. The maximum Gasteiger partial charge on any atom is 0.127 e. The fourth-order valence-corrected chi connectivity index (χ4v) is 3.23. The van der Waals surface area contributed by atoms with E-state index in [1.54, 1.807) is 0 Å². The van der Waals surface area contributed by atoms with E-state index < -0.39 is 0 Å². The maximum absolute atomic E-state index is 8.90. The Hall–Kier alpha value is -1.21. The molecule has 1 aliphatic rings. The van der Waals surface area contributed by atoms with E-state index in [2.05, 4.69) is 16.4 Å². The summed E-state index contributed by atoms with van der Waals surface area (Å²) in [6.45, 7) is 2.89. The number of aryl methyl sites for hydroxylation is 1. The second kappa shape index (κ2) is 5.92. The molecule has 0 spiro atoms. The quantitative estimate of drug-likeness (QED) is 0.892. The molecule has 3 nitrogen and oxygen atoms in total. The molecule has 1 fully saturated rings. The molecule has 1 aromatic heterocycles. The Labute approximate surface area is 107 Å². The molecular formula is C13H17N3S. The first-order chi connectivity index (χ1) is 8.28. The normalized spacial score (nSPS) is 16.5. The zero-order chi connectivity index (χ0) is 12.1. The lowest BCUT2D eigenvalue weighted by Gasteiger charge is -2.21. The van der Waals surface area contributed by atoms with Gasteiger partial charge in [0.1, 0.15) is 5.82 Å². The van der Waals surface area contributed by atoms with Crippen LogP contribution in [0.25, 0.3) is 0 Å². The number of anilines is 1. The molecule has 0 radical (unpaired) electrons. The Morgan fingerprint density at radius 3 is 2.94 bits per heavy atom. The highest BCUT2D eigenvalue weighted by atomic mass is 32.2. The summed E-state index contributed by atoms with van der Waals surface area (Å²) in [5.41, 5.74) is 1.57. The lowest BCUT2D eigenvalue weighted by atomic mass is 10.0. The zero-order valence-electron chi connectivity index (χ0n) is 10.1. The molecule has 0 unspecified atom stereocenters. The maximum atomic E-state index is 8.90. The third kappa shape index (κ3) is 3.64. The van der Waals surface area contributed by atoms with Gasteiger partial charge in [0.25, 0.3) is 0 Å². The first-order valence-electron chi connectivity index (χ1n) is 5.98. The minimum Gasteiger partial charge on any atom is -0.370 e. The lowest BCUT2D eigenvalue weighted by molar-refractivity contribution is 0.515. The third-order valence-electron chi connectivity index (χ3n) is 3.00. The van der Waals surface area contributed by atoms with Crippen molar-refractivity contribution in [3.8, 4) is 6.07 Å². The highest BCUT2D eigenvalue weighted by Gasteiger charge is 2.13. The van der Waals surface area contributed by atoms with E-state index in [-0.39, 0.29) is 0 Å². The van der Waals surface area contributed by atoms with Crippen LogP contribution in [0, 0.1) is 24.2 Å². The summed E-state index contributed by atoms with van der Waals surface area (Å²) >= 11 is 2.04. The third-order valence-corrected chi connectivity index (χ3v) is 4.04. The Morgan fingerprint density at radius 1 is 1.47 bits per heavy atom. The average Bonchev–Trinajstić information content (AvgIpc) is 2.37. The number of hydrogen-bond donors (Lipinski definition) is 1. The molecule has 1 saturated heterocycles. The molecule has 0 amide bonds. The van der Waals surface area contributed by atoms with Crippen LogP contribution >= 0.6 is 11.8 Å². The Bertz CT molecular complexity index is 419. The summed E-state index contributed by atoms with van der Waals surface area (Å²) in [7, 11) is 0.